The van der Waals surface area contributed by atoms with Gasteiger partial charge in [-0.3, -0.25) is 0 Å². The number of halogens is 2. The predicted octanol–water partition coefficient (Wildman–Crippen LogP) is 3.03. The monoisotopic (exact) mass is 311 g/mol. The first-order valence-electron chi connectivity index (χ1n) is 6.39. The Hall–Kier alpha value is -1.95. The highest BCUT2D eigenvalue weighted by atomic mass is 35.5. The van der Waals surface area contributed by atoms with E-state index in [-0.39, 0.29) is 16.6 Å². The molecular weight excluding hydrogens is 297 g/mol. The van der Waals surface area contributed by atoms with Gasteiger partial charge in [-0.1, -0.05) is 36.7 Å². The molecule has 0 aliphatic heterocycles. The molecule has 5 nitrogen and oxygen atoms in total. The molecule has 0 radical (unpaired) electrons. The maximum atomic E-state index is 13.2. The van der Waals surface area contributed by atoms with Gasteiger partial charge in [-0.15, -0.1) is 5.10 Å². The molecule has 0 fully saturated rings. The third-order valence-corrected chi connectivity index (χ3v) is 3.31. The minimum Gasteiger partial charge on any atom is -0.464 e. The van der Waals surface area contributed by atoms with E-state index in [1.165, 1.54) is 19.2 Å². The number of methoxy groups -OCH3 is 1. The first-order chi connectivity index (χ1) is 9.93. The summed E-state index contributed by atoms with van der Waals surface area (Å²) in [4.78, 5) is 11.7. The Bertz CT molecular complexity index is 670. The predicted molar refractivity (Wildman–Crippen MR) is 76.0 cm³/mol. The summed E-state index contributed by atoms with van der Waals surface area (Å²) >= 11 is 5.77. The molecule has 1 aromatic heterocycles. The summed E-state index contributed by atoms with van der Waals surface area (Å²) in [5.74, 6) is -0.967. The van der Waals surface area contributed by atoms with Crippen LogP contribution in [0.5, 0.6) is 0 Å². The summed E-state index contributed by atoms with van der Waals surface area (Å²) in [7, 11) is 1.30. The smallest absolute Gasteiger partial charge is 0.360 e. The SMILES string of the molecule is COC(=O)c1nnn(Cc2ccc(F)c(Cl)c2)c1C(C)C. The van der Waals surface area contributed by atoms with Gasteiger partial charge in [0.25, 0.3) is 0 Å². The third-order valence-electron chi connectivity index (χ3n) is 3.02. The van der Waals surface area contributed by atoms with Crippen molar-refractivity contribution in [1.82, 2.24) is 15.0 Å². The lowest BCUT2D eigenvalue weighted by atomic mass is 10.1. The van der Waals surface area contributed by atoms with Crippen LogP contribution in [-0.2, 0) is 11.3 Å². The maximum absolute atomic E-state index is 13.2. The highest BCUT2D eigenvalue weighted by molar-refractivity contribution is 6.30. The van der Waals surface area contributed by atoms with Crippen molar-refractivity contribution in [3.63, 3.8) is 0 Å². The van der Waals surface area contributed by atoms with E-state index >= 15 is 0 Å². The zero-order valence-corrected chi connectivity index (χ0v) is 12.7. The second kappa shape index (κ2) is 6.22. The topological polar surface area (TPSA) is 57.0 Å². The summed E-state index contributed by atoms with van der Waals surface area (Å²) in [5, 5.41) is 7.91. The Morgan fingerprint density at radius 1 is 1.48 bits per heavy atom. The van der Waals surface area contributed by atoms with Crippen LogP contribution in [0.25, 0.3) is 0 Å². The lowest BCUT2D eigenvalue weighted by molar-refractivity contribution is 0.0592. The summed E-state index contributed by atoms with van der Waals surface area (Å²) in [6, 6.07) is 4.44. The van der Waals surface area contributed by atoms with Gasteiger partial charge >= 0.3 is 5.97 Å². The number of nitrogens with zero attached hydrogens (tertiary/aromatic N) is 3. The number of benzene rings is 1. The fraction of sp³-hybridized carbons (Fsp3) is 0.357. The number of esters is 1. The first-order valence-corrected chi connectivity index (χ1v) is 6.77. The van der Waals surface area contributed by atoms with E-state index in [4.69, 9.17) is 16.3 Å². The molecule has 7 heteroatoms. The van der Waals surface area contributed by atoms with Crippen LogP contribution in [0.2, 0.25) is 5.02 Å². The normalized spacial score (nSPS) is 11.0. The number of rotatable bonds is 4. The minimum atomic E-state index is -0.526. The third kappa shape index (κ3) is 3.21. The molecule has 2 rings (SSSR count). The molecule has 0 atom stereocenters. The molecule has 0 bridgehead atoms. The molecule has 1 heterocycles. The number of carbonyl (C=O) groups is 1. The summed E-state index contributed by atoms with van der Waals surface area (Å²) in [5.41, 5.74) is 1.63. The molecule has 0 unspecified atom stereocenters. The van der Waals surface area contributed by atoms with Crippen LogP contribution < -0.4 is 0 Å². The van der Waals surface area contributed by atoms with E-state index in [1.807, 2.05) is 13.8 Å². The average Bonchev–Trinajstić information content (AvgIpc) is 2.86. The van der Waals surface area contributed by atoms with Gasteiger partial charge in [0.05, 0.1) is 24.4 Å². The highest BCUT2D eigenvalue weighted by Gasteiger charge is 2.22. The largest absolute Gasteiger partial charge is 0.464 e. The van der Waals surface area contributed by atoms with Crippen LogP contribution in [0.15, 0.2) is 18.2 Å². The van der Waals surface area contributed by atoms with Crippen LogP contribution in [0.3, 0.4) is 0 Å². The Labute approximate surface area is 126 Å². The fourth-order valence-electron chi connectivity index (χ4n) is 2.06. The molecule has 1 aromatic carbocycles. The number of ether oxygens (including phenoxy) is 1. The van der Waals surface area contributed by atoms with Crippen molar-refractivity contribution in [2.24, 2.45) is 0 Å². The van der Waals surface area contributed by atoms with Gasteiger partial charge < -0.3 is 4.74 Å². The second-order valence-corrected chi connectivity index (χ2v) is 5.28. The molecule has 0 saturated heterocycles. The Balaban J connectivity index is 2.37. The van der Waals surface area contributed by atoms with Crippen molar-refractivity contribution in [3.8, 4) is 0 Å². The molecule has 0 aliphatic rings. The lowest BCUT2D eigenvalue weighted by Gasteiger charge is -2.10. The highest BCUT2D eigenvalue weighted by Crippen LogP contribution is 2.21. The minimum absolute atomic E-state index is 0.0324. The molecule has 0 amide bonds. The van der Waals surface area contributed by atoms with Gasteiger partial charge in [-0.05, 0) is 23.6 Å². The zero-order chi connectivity index (χ0) is 15.6. The van der Waals surface area contributed by atoms with Gasteiger partial charge in [0.2, 0.25) is 0 Å². The summed E-state index contributed by atoms with van der Waals surface area (Å²) in [6.07, 6.45) is 0. The van der Waals surface area contributed by atoms with E-state index in [1.54, 1.807) is 10.7 Å². The number of hydrogen-bond donors (Lipinski definition) is 0. The first kappa shape index (κ1) is 15.4. The Morgan fingerprint density at radius 3 is 2.76 bits per heavy atom. The van der Waals surface area contributed by atoms with Crippen LogP contribution in [0, 0.1) is 5.82 Å². The molecule has 0 saturated carbocycles. The second-order valence-electron chi connectivity index (χ2n) is 4.88. The van der Waals surface area contributed by atoms with Gasteiger partial charge in [0.15, 0.2) is 5.69 Å². The number of aromatic nitrogens is 3. The Kier molecular flexibility index (Phi) is 4.57. The van der Waals surface area contributed by atoms with Crippen LogP contribution >= 0.6 is 11.6 Å². The molecule has 0 spiro atoms. The number of carbonyl (C=O) groups excluding carboxylic acids is 1. The van der Waals surface area contributed by atoms with Crippen molar-refractivity contribution in [3.05, 3.63) is 46.0 Å². The fourth-order valence-corrected chi connectivity index (χ4v) is 2.26. The van der Waals surface area contributed by atoms with Gasteiger partial charge in [-0.2, -0.15) is 0 Å². The van der Waals surface area contributed by atoms with Crippen molar-refractivity contribution in [2.45, 2.75) is 26.3 Å². The summed E-state index contributed by atoms with van der Waals surface area (Å²) < 4.78 is 19.5. The van der Waals surface area contributed by atoms with E-state index in [0.717, 1.165) is 5.56 Å². The summed E-state index contributed by atoms with van der Waals surface area (Å²) in [6.45, 7) is 4.20. The van der Waals surface area contributed by atoms with Crippen LogP contribution in [0.1, 0.15) is 41.5 Å². The van der Waals surface area contributed by atoms with E-state index in [0.29, 0.717) is 12.2 Å². The molecular formula is C14H15ClFN3O2. The molecule has 0 aliphatic carbocycles. The van der Waals surface area contributed by atoms with Crippen LogP contribution in [0.4, 0.5) is 4.39 Å². The van der Waals surface area contributed by atoms with Crippen molar-refractivity contribution >= 4 is 17.6 Å². The molecule has 0 N–H and O–H groups in total. The molecule has 2 aromatic rings. The van der Waals surface area contributed by atoms with Gasteiger partial charge in [0.1, 0.15) is 5.82 Å². The van der Waals surface area contributed by atoms with E-state index in [2.05, 4.69) is 10.3 Å². The quantitative estimate of drug-likeness (QED) is 0.814. The Morgan fingerprint density at radius 2 is 2.19 bits per heavy atom. The average molecular weight is 312 g/mol. The standard InChI is InChI=1S/C14H15ClFN3O2/c1-8(2)13-12(14(20)21-3)17-18-19(13)7-9-4-5-11(16)10(15)6-9/h4-6,8H,7H2,1-3H3. The van der Waals surface area contributed by atoms with Crippen molar-refractivity contribution < 1.29 is 13.9 Å². The van der Waals surface area contributed by atoms with Crippen LogP contribution in [-0.4, -0.2) is 28.1 Å². The molecule has 112 valence electrons. The van der Waals surface area contributed by atoms with Gasteiger partial charge in [-0.25, -0.2) is 13.9 Å². The zero-order valence-electron chi connectivity index (χ0n) is 11.9. The number of hydrogen-bond acceptors (Lipinski definition) is 4. The maximum Gasteiger partial charge on any atom is 0.360 e. The van der Waals surface area contributed by atoms with E-state index in [9.17, 15) is 9.18 Å². The molecule has 21 heavy (non-hydrogen) atoms. The van der Waals surface area contributed by atoms with E-state index < -0.39 is 11.8 Å². The lowest BCUT2D eigenvalue weighted by Crippen LogP contribution is -2.12. The van der Waals surface area contributed by atoms with Crippen molar-refractivity contribution in [2.75, 3.05) is 7.11 Å². The van der Waals surface area contributed by atoms with Crippen molar-refractivity contribution in [1.29, 1.82) is 0 Å². The van der Waals surface area contributed by atoms with Gasteiger partial charge in [0, 0.05) is 0 Å².